The Morgan fingerprint density at radius 3 is 2.24 bits per heavy atom. The molecular formula is C12H12BrNO3. The van der Waals surface area contributed by atoms with Crippen LogP contribution in [0.25, 0.3) is 0 Å². The first-order chi connectivity index (χ1) is 8.06. The number of carbonyl (C=O) groups excluding carboxylic acids is 2. The quantitative estimate of drug-likeness (QED) is 0.618. The summed E-state index contributed by atoms with van der Waals surface area (Å²) in [6.45, 7) is 2.28. The molecule has 0 aromatic heterocycles. The van der Waals surface area contributed by atoms with Crippen LogP contribution in [0.1, 0.15) is 18.5 Å². The van der Waals surface area contributed by atoms with Crippen LogP contribution in [0.2, 0.25) is 0 Å². The molecule has 5 heteroatoms. The minimum Gasteiger partial charge on any atom is -0.391 e. The van der Waals surface area contributed by atoms with Crippen LogP contribution in [0.4, 0.5) is 0 Å². The molecule has 1 unspecified atom stereocenters. The summed E-state index contributed by atoms with van der Waals surface area (Å²) in [4.78, 5) is 24.2. The maximum absolute atomic E-state index is 11.2. The van der Waals surface area contributed by atoms with Crippen LogP contribution >= 0.6 is 15.9 Å². The van der Waals surface area contributed by atoms with Gasteiger partial charge in [0, 0.05) is 10.5 Å². The molecule has 0 spiro atoms. The molecule has 0 bridgehead atoms. The van der Waals surface area contributed by atoms with Gasteiger partial charge < -0.3 is 4.74 Å². The summed E-state index contributed by atoms with van der Waals surface area (Å²) >= 11 is 3.37. The molecule has 17 heavy (non-hydrogen) atoms. The molecule has 1 saturated heterocycles. The zero-order valence-electron chi connectivity index (χ0n) is 9.35. The minimum atomic E-state index is -0.481. The molecule has 1 fully saturated rings. The standard InChI is InChI=1S/C12H12BrNO3/c1-8(9-2-4-10(13)5-3-9)14-6-11(15)17-12(16)7-14/h2-5,8H,6-7H2,1H3. The Labute approximate surface area is 108 Å². The fourth-order valence-corrected chi connectivity index (χ4v) is 2.07. The van der Waals surface area contributed by atoms with Crippen molar-refractivity contribution in [3.63, 3.8) is 0 Å². The largest absolute Gasteiger partial charge is 0.391 e. The summed E-state index contributed by atoms with van der Waals surface area (Å²) < 4.78 is 5.50. The van der Waals surface area contributed by atoms with Gasteiger partial charge in [0.15, 0.2) is 0 Å². The van der Waals surface area contributed by atoms with Gasteiger partial charge >= 0.3 is 11.9 Å². The van der Waals surface area contributed by atoms with Gasteiger partial charge in [-0.25, -0.2) is 0 Å². The van der Waals surface area contributed by atoms with Crippen molar-refractivity contribution in [2.45, 2.75) is 13.0 Å². The Morgan fingerprint density at radius 2 is 1.71 bits per heavy atom. The van der Waals surface area contributed by atoms with Gasteiger partial charge in [0.2, 0.25) is 0 Å². The first-order valence-electron chi connectivity index (χ1n) is 5.29. The summed E-state index contributed by atoms with van der Waals surface area (Å²) in [5.74, 6) is -0.963. The lowest BCUT2D eigenvalue weighted by Crippen LogP contribution is -2.43. The van der Waals surface area contributed by atoms with Crippen LogP contribution in [0.15, 0.2) is 28.7 Å². The molecule has 0 aliphatic carbocycles. The number of ether oxygens (including phenoxy) is 1. The smallest absolute Gasteiger partial charge is 0.327 e. The number of benzene rings is 1. The van der Waals surface area contributed by atoms with Crippen LogP contribution in [0.3, 0.4) is 0 Å². The topological polar surface area (TPSA) is 46.6 Å². The molecule has 1 heterocycles. The molecule has 90 valence electrons. The summed E-state index contributed by atoms with van der Waals surface area (Å²) in [5.41, 5.74) is 1.07. The summed E-state index contributed by atoms with van der Waals surface area (Å²) in [5, 5.41) is 0. The van der Waals surface area contributed by atoms with Crippen molar-refractivity contribution >= 4 is 27.9 Å². The molecule has 0 N–H and O–H groups in total. The normalized spacial score (nSPS) is 18.9. The van der Waals surface area contributed by atoms with E-state index in [-0.39, 0.29) is 19.1 Å². The fourth-order valence-electron chi connectivity index (χ4n) is 1.81. The summed E-state index contributed by atoms with van der Waals surface area (Å²) in [6.07, 6.45) is 0. The molecule has 1 atom stereocenters. The van der Waals surface area contributed by atoms with E-state index in [1.807, 2.05) is 31.2 Å². The van der Waals surface area contributed by atoms with Gasteiger partial charge in [-0.2, -0.15) is 0 Å². The van der Waals surface area contributed by atoms with E-state index in [1.165, 1.54) is 0 Å². The summed E-state index contributed by atoms with van der Waals surface area (Å²) in [6, 6.07) is 7.84. The highest BCUT2D eigenvalue weighted by molar-refractivity contribution is 9.10. The van der Waals surface area contributed by atoms with Crippen molar-refractivity contribution < 1.29 is 14.3 Å². The van der Waals surface area contributed by atoms with E-state index in [9.17, 15) is 9.59 Å². The second kappa shape index (κ2) is 4.98. The van der Waals surface area contributed by atoms with Crippen LogP contribution < -0.4 is 0 Å². The third-order valence-corrected chi connectivity index (χ3v) is 3.32. The number of carbonyl (C=O) groups is 2. The molecule has 2 rings (SSSR count). The van der Waals surface area contributed by atoms with Gasteiger partial charge in [-0.15, -0.1) is 0 Å². The lowest BCUT2D eigenvalue weighted by Gasteiger charge is -2.30. The number of morpholine rings is 1. The minimum absolute atomic E-state index is 0.0138. The highest BCUT2D eigenvalue weighted by atomic mass is 79.9. The van der Waals surface area contributed by atoms with Gasteiger partial charge in [0.1, 0.15) is 0 Å². The highest BCUT2D eigenvalue weighted by Crippen LogP contribution is 2.23. The second-order valence-electron chi connectivity index (χ2n) is 3.98. The van der Waals surface area contributed by atoms with Gasteiger partial charge in [-0.3, -0.25) is 14.5 Å². The Balaban J connectivity index is 2.13. The first kappa shape index (κ1) is 12.3. The van der Waals surface area contributed by atoms with E-state index in [2.05, 4.69) is 20.7 Å². The van der Waals surface area contributed by atoms with E-state index in [4.69, 9.17) is 0 Å². The maximum Gasteiger partial charge on any atom is 0.327 e. The predicted molar refractivity (Wildman–Crippen MR) is 65.2 cm³/mol. The van der Waals surface area contributed by atoms with Gasteiger partial charge in [0.25, 0.3) is 0 Å². The van der Waals surface area contributed by atoms with Crippen molar-refractivity contribution in [3.8, 4) is 0 Å². The Hall–Kier alpha value is -1.20. The van der Waals surface area contributed by atoms with Crippen LogP contribution in [-0.4, -0.2) is 29.9 Å². The van der Waals surface area contributed by atoms with Crippen LogP contribution in [0, 0.1) is 0 Å². The van der Waals surface area contributed by atoms with Gasteiger partial charge in [0.05, 0.1) is 13.1 Å². The molecular weight excluding hydrogens is 286 g/mol. The molecule has 0 saturated carbocycles. The maximum atomic E-state index is 11.2. The number of halogens is 1. The van der Waals surface area contributed by atoms with E-state index < -0.39 is 11.9 Å². The molecule has 0 radical (unpaired) electrons. The SMILES string of the molecule is CC(c1ccc(Br)cc1)N1CC(=O)OC(=O)C1. The zero-order chi connectivity index (χ0) is 12.4. The average Bonchev–Trinajstić information content (AvgIpc) is 2.28. The third kappa shape index (κ3) is 2.92. The highest BCUT2D eigenvalue weighted by Gasteiger charge is 2.28. The molecule has 0 amide bonds. The lowest BCUT2D eigenvalue weighted by molar-refractivity contribution is -0.167. The number of hydrogen-bond acceptors (Lipinski definition) is 4. The van der Waals surface area contributed by atoms with Gasteiger partial charge in [-0.05, 0) is 24.6 Å². The van der Waals surface area contributed by atoms with Crippen LogP contribution in [-0.2, 0) is 14.3 Å². The number of cyclic esters (lactones) is 2. The number of esters is 2. The molecule has 1 aromatic carbocycles. The van der Waals surface area contributed by atoms with E-state index in [1.54, 1.807) is 4.90 Å². The van der Waals surface area contributed by atoms with Gasteiger partial charge in [-0.1, -0.05) is 28.1 Å². The monoisotopic (exact) mass is 297 g/mol. The third-order valence-electron chi connectivity index (χ3n) is 2.79. The molecule has 1 aliphatic rings. The first-order valence-corrected chi connectivity index (χ1v) is 6.08. The van der Waals surface area contributed by atoms with Crippen LogP contribution in [0.5, 0.6) is 0 Å². The Morgan fingerprint density at radius 1 is 1.18 bits per heavy atom. The second-order valence-corrected chi connectivity index (χ2v) is 4.89. The number of hydrogen-bond donors (Lipinski definition) is 0. The van der Waals surface area contributed by atoms with Crippen molar-refractivity contribution in [1.29, 1.82) is 0 Å². The van der Waals surface area contributed by atoms with E-state index in [0.717, 1.165) is 10.0 Å². The molecule has 4 nitrogen and oxygen atoms in total. The van der Waals surface area contributed by atoms with Crippen molar-refractivity contribution in [2.24, 2.45) is 0 Å². The Kier molecular flexibility index (Phi) is 3.59. The fraction of sp³-hybridized carbons (Fsp3) is 0.333. The lowest BCUT2D eigenvalue weighted by atomic mass is 10.1. The molecule has 1 aromatic rings. The Bertz CT molecular complexity index is 428. The predicted octanol–water partition coefficient (Wildman–Crippen LogP) is 1.90. The number of rotatable bonds is 2. The van der Waals surface area contributed by atoms with Crippen molar-refractivity contribution in [3.05, 3.63) is 34.3 Å². The molecule has 1 aliphatic heterocycles. The van der Waals surface area contributed by atoms with Crippen molar-refractivity contribution in [2.75, 3.05) is 13.1 Å². The number of nitrogens with zero attached hydrogens (tertiary/aromatic N) is 1. The zero-order valence-corrected chi connectivity index (χ0v) is 10.9. The summed E-state index contributed by atoms with van der Waals surface area (Å²) in [7, 11) is 0. The van der Waals surface area contributed by atoms with E-state index >= 15 is 0 Å². The average molecular weight is 298 g/mol. The van der Waals surface area contributed by atoms with Crippen molar-refractivity contribution in [1.82, 2.24) is 4.90 Å². The van der Waals surface area contributed by atoms with E-state index in [0.29, 0.717) is 0 Å².